The van der Waals surface area contributed by atoms with E-state index in [-0.39, 0.29) is 10.0 Å². The van der Waals surface area contributed by atoms with E-state index in [1.807, 2.05) is 0 Å². The summed E-state index contributed by atoms with van der Waals surface area (Å²) in [6.45, 7) is 0. The van der Waals surface area contributed by atoms with E-state index in [9.17, 15) is 9.50 Å². The number of hydrogen-bond donors (Lipinski definition) is 0. The lowest BCUT2D eigenvalue weighted by molar-refractivity contribution is 0.354. The summed E-state index contributed by atoms with van der Waals surface area (Å²) in [5, 5.41) is 10.3. The van der Waals surface area contributed by atoms with Crippen LogP contribution in [0.2, 0.25) is 10.0 Å². The topological polar surface area (TPSA) is 19.9 Å². The van der Waals surface area contributed by atoms with Gasteiger partial charge in [-0.05, 0) is 12.1 Å². The van der Waals surface area contributed by atoms with Crippen LogP contribution >= 0.6 is 23.2 Å². The lowest BCUT2D eigenvalue weighted by Crippen LogP contribution is -1.74. The number of rotatable bonds is 0. The highest BCUT2D eigenvalue weighted by Gasteiger charge is 2.07. The molecule has 0 N–H and O–H groups in total. The fraction of sp³-hybridized carbons (Fsp3) is 0. The third kappa shape index (κ3) is 1.33. The lowest BCUT2D eigenvalue weighted by atomic mass is 10.3. The van der Waals surface area contributed by atoms with Crippen molar-refractivity contribution in [1.29, 1.82) is 0 Å². The molecule has 0 aliphatic heterocycles. The van der Waals surface area contributed by atoms with Gasteiger partial charge in [-0.3, -0.25) is 5.11 Å². The maximum Gasteiger partial charge on any atom is 0.215 e. The number of benzene rings is 1. The van der Waals surface area contributed by atoms with Crippen LogP contribution in [0.4, 0.5) is 4.39 Å². The Morgan fingerprint density at radius 3 is 2.00 bits per heavy atom. The molecule has 0 unspecified atom stereocenters. The van der Waals surface area contributed by atoms with E-state index in [4.69, 9.17) is 23.2 Å². The second-order valence-corrected chi connectivity index (χ2v) is 2.51. The highest BCUT2D eigenvalue weighted by atomic mass is 35.5. The molecule has 0 saturated carbocycles. The predicted molar refractivity (Wildman–Crippen MR) is 36.6 cm³/mol. The molecular formula is C6H2Cl2FO. The van der Waals surface area contributed by atoms with Crippen LogP contribution in [0.5, 0.6) is 5.75 Å². The summed E-state index contributed by atoms with van der Waals surface area (Å²) in [4.78, 5) is 0. The Balaban J connectivity index is 3.31. The van der Waals surface area contributed by atoms with Gasteiger partial charge in [-0.2, -0.15) is 0 Å². The maximum absolute atomic E-state index is 12.3. The van der Waals surface area contributed by atoms with Crippen LogP contribution in [0, 0.1) is 5.82 Å². The zero-order chi connectivity index (χ0) is 7.72. The minimum atomic E-state index is -0.602. The van der Waals surface area contributed by atoms with E-state index < -0.39 is 11.6 Å². The average molecular weight is 180 g/mol. The summed E-state index contributed by atoms with van der Waals surface area (Å²) in [6, 6.07) is 1.85. The smallest absolute Gasteiger partial charge is 0.215 e. The van der Waals surface area contributed by atoms with Gasteiger partial charge in [0.2, 0.25) is 5.75 Å². The van der Waals surface area contributed by atoms with Crippen molar-refractivity contribution in [3.63, 3.8) is 0 Å². The molecule has 1 nitrogen and oxygen atoms in total. The second-order valence-electron chi connectivity index (χ2n) is 1.70. The molecule has 0 heterocycles. The first-order valence-corrected chi connectivity index (χ1v) is 3.18. The highest BCUT2D eigenvalue weighted by molar-refractivity contribution is 6.37. The third-order valence-electron chi connectivity index (χ3n) is 0.963. The predicted octanol–water partition coefficient (Wildman–Crippen LogP) is 3.28. The number of halogens is 3. The van der Waals surface area contributed by atoms with E-state index in [0.717, 1.165) is 12.1 Å². The summed E-state index contributed by atoms with van der Waals surface area (Å²) in [5.74, 6) is -1.14. The van der Waals surface area contributed by atoms with Gasteiger partial charge in [0, 0.05) is 0 Å². The zero-order valence-corrected chi connectivity index (χ0v) is 6.21. The molecule has 0 spiro atoms. The Hall–Kier alpha value is -0.470. The van der Waals surface area contributed by atoms with E-state index in [2.05, 4.69) is 0 Å². The molecule has 1 aromatic rings. The molecular weight excluding hydrogens is 178 g/mol. The molecule has 1 rings (SSSR count). The summed E-state index contributed by atoms with van der Waals surface area (Å²) in [6.07, 6.45) is 0. The van der Waals surface area contributed by atoms with Gasteiger partial charge in [0.15, 0.2) is 0 Å². The quantitative estimate of drug-likeness (QED) is 0.583. The fourth-order valence-corrected chi connectivity index (χ4v) is 0.989. The van der Waals surface area contributed by atoms with Crippen LogP contribution < -0.4 is 0 Å². The van der Waals surface area contributed by atoms with Gasteiger partial charge in [0.1, 0.15) is 5.82 Å². The van der Waals surface area contributed by atoms with Gasteiger partial charge in [0.05, 0.1) is 10.0 Å². The van der Waals surface area contributed by atoms with Crippen molar-refractivity contribution in [2.45, 2.75) is 0 Å². The van der Waals surface area contributed by atoms with E-state index in [1.165, 1.54) is 0 Å². The molecule has 0 saturated heterocycles. The first kappa shape index (κ1) is 7.63. The van der Waals surface area contributed by atoms with Gasteiger partial charge in [-0.1, -0.05) is 23.2 Å². The largest absolute Gasteiger partial charge is 0.287 e. The summed E-state index contributed by atoms with van der Waals surface area (Å²) >= 11 is 10.6. The van der Waals surface area contributed by atoms with Gasteiger partial charge in [0.25, 0.3) is 0 Å². The molecule has 1 radical (unpaired) electrons. The third-order valence-corrected chi connectivity index (χ3v) is 1.52. The highest BCUT2D eigenvalue weighted by Crippen LogP contribution is 2.32. The first-order chi connectivity index (χ1) is 4.61. The fourth-order valence-electron chi connectivity index (χ4n) is 0.529. The van der Waals surface area contributed by atoms with Crippen molar-refractivity contribution >= 4 is 23.2 Å². The molecule has 0 aliphatic carbocycles. The SMILES string of the molecule is [O]c1c(Cl)cc(F)cc1Cl. The zero-order valence-electron chi connectivity index (χ0n) is 4.70. The Labute approximate surface area is 67.0 Å². The first-order valence-electron chi connectivity index (χ1n) is 2.43. The second kappa shape index (κ2) is 2.64. The maximum atomic E-state index is 12.3. The van der Waals surface area contributed by atoms with E-state index in [0.29, 0.717) is 0 Å². The van der Waals surface area contributed by atoms with Crippen LogP contribution in [0.15, 0.2) is 12.1 Å². The molecule has 4 heteroatoms. The van der Waals surface area contributed by atoms with Crippen LogP contribution in [-0.2, 0) is 5.11 Å². The van der Waals surface area contributed by atoms with Gasteiger partial charge >= 0.3 is 0 Å². The Morgan fingerprint density at radius 2 is 1.60 bits per heavy atom. The molecule has 0 aliphatic rings. The Morgan fingerprint density at radius 1 is 1.20 bits per heavy atom. The van der Waals surface area contributed by atoms with E-state index in [1.54, 1.807) is 0 Å². The standard InChI is InChI=1S/C6H2Cl2FO/c7-4-1-3(9)2-5(8)6(4)10/h1-2H. The number of hydrogen-bond acceptors (Lipinski definition) is 0. The van der Waals surface area contributed by atoms with Crippen molar-refractivity contribution in [2.75, 3.05) is 0 Å². The molecule has 0 atom stereocenters. The van der Waals surface area contributed by atoms with Crippen LogP contribution in [-0.4, -0.2) is 0 Å². The van der Waals surface area contributed by atoms with Gasteiger partial charge in [-0.25, -0.2) is 4.39 Å². The van der Waals surface area contributed by atoms with Gasteiger partial charge < -0.3 is 0 Å². The van der Waals surface area contributed by atoms with Crippen molar-refractivity contribution in [1.82, 2.24) is 0 Å². The monoisotopic (exact) mass is 179 g/mol. The molecule has 0 amide bonds. The minimum Gasteiger partial charge on any atom is -0.287 e. The normalized spacial score (nSPS) is 9.90. The summed E-state index contributed by atoms with van der Waals surface area (Å²) in [7, 11) is 0. The average Bonchev–Trinajstić information content (AvgIpc) is 1.82. The van der Waals surface area contributed by atoms with Crippen LogP contribution in [0.25, 0.3) is 0 Å². The Kier molecular flexibility index (Phi) is 2.02. The summed E-state index contributed by atoms with van der Waals surface area (Å²) < 4.78 is 12.3. The molecule has 1 aromatic carbocycles. The van der Waals surface area contributed by atoms with E-state index >= 15 is 0 Å². The van der Waals surface area contributed by atoms with Crippen LogP contribution in [0.1, 0.15) is 0 Å². The van der Waals surface area contributed by atoms with Crippen molar-refractivity contribution in [3.05, 3.63) is 28.0 Å². The minimum absolute atomic E-state index is 0.190. The molecule has 10 heavy (non-hydrogen) atoms. The van der Waals surface area contributed by atoms with Crippen molar-refractivity contribution in [3.8, 4) is 5.75 Å². The Bertz CT molecular complexity index is 239. The van der Waals surface area contributed by atoms with Crippen molar-refractivity contribution in [2.24, 2.45) is 0 Å². The molecule has 53 valence electrons. The molecule has 0 bridgehead atoms. The van der Waals surface area contributed by atoms with Crippen LogP contribution in [0.3, 0.4) is 0 Å². The molecule has 0 fully saturated rings. The van der Waals surface area contributed by atoms with Gasteiger partial charge in [-0.15, -0.1) is 0 Å². The van der Waals surface area contributed by atoms with Crippen molar-refractivity contribution < 1.29 is 9.50 Å². The molecule has 0 aromatic heterocycles. The lowest BCUT2D eigenvalue weighted by Gasteiger charge is -1.94. The summed E-state index contributed by atoms with van der Waals surface area (Å²) in [5.41, 5.74) is 0.